The maximum Gasteiger partial charge on any atom is 0.279 e. The number of carbonyl (C=O) groups excluding carboxylic acids is 1. The Morgan fingerprint density at radius 3 is 2.27 bits per heavy atom. The maximum absolute atomic E-state index is 13.0. The predicted molar refractivity (Wildman–Crippen MR) is 123 cm³/mol. The van der Waals surface area contributed by atoms with Crippen molar-refractivity contribution in [3.8, 4) is 0 Å². The van der Waals surface area contributed by atoms with Gasteiger partial charge in [-0.15, -0.1) is 0 Å². The highest BCUT2D eigenvalue weighted by molar-refractivity contribution is 7.92. The van der Waals surface area contributed by atoms with E-state index in [1.807, 2.05) is 0 Å². The summed E-state index contributed by atoms with van der Waals surface area (Å²) in [6.45, 7) is 0. The minimum atomic E-state index is -3.33. The molecule has 176 valence electrons. The van der Waals surface area contributed by atoms with Crippen molar-refractivity contribution in [2.75, 3.05) is 24.8 Å². The predicted octanol–water partition coefficient (Wildman–Crippen LogP) is 2.38. The Morgan fingerprint density at radius 1 is 1.03 bits per heavy atom. The first kappa shape index (κ1) is 23.1. The average molecular weight is 474 g/mol. The summed E-state index contributed by atoms with van der Waals surface area (Å²) < 4.78 is 30.4. The molecule has 0 aliphatic heterocycles. The van der Waals surface area contributed by atoms with Crippen LogP contribution in [0.3, 0.4) is 0 Å². The summed E-state index contributed by atoms with van der Waals surface area (Å²) in [4.78, 5) is 27.2. The molecule has 33 heavy (non-hydrogen) atoms. The third-order valence-corrected chi connectivity index (χ3v) is 8.03. The van der Waals surface area contributed by atoms with Crippen molar-refractivity contribution in [1.29, 1.82) is 0 Å². The second kappa shape index (κ2) is 9.84. The van der Waals surface area contributed by atoms with Crippen molar-refractivity contribution in [2.24, 2.45) is 5.16 Å². The molecule has 4 rings (SSSR count). The van der Waals surface area contributed by atoms with Crippen molar-refractivity contribution in [2.45, 2.75) is 54.5 Å². The molecule has 2 aliphatic carbocycles. The molecular formula is C22H27N5O5S. The normalized spacial score (nSPS) is 21.0. The summed E-state index contributed by atoms with van der Waals surface area (Å²) in [7, 11) is 0.0485. The summed E-state index contributed by atoms with van der Waals surface area (Å²) in [5.41, 5.74) is 0.453. The van der Waals surface area contributed by atoms with Crippen LogP contribution in [-0.2, 0) is 24.2 Å². The fourth-order valence-electron chi connectivity index (χ4n) is 3.63. The topological polar surface area (TPSA) is 132 Å². The molecule has 0 radical (unpaired) electrons. The maximum atomic E-state index is 13.0. The first-order chi connectivity index (χ1) is 15.9. The molecule has 2 fully saturated rings. The lowest BCUT2D eigenvalue weighted by Crippen LogP contribution is -2.25. The van der Waals surface area contributed by atoms with Crippen LogP contribution in [0.15, 0.2) is 46.7 Å². The number of hydrogen-bond donors (Lipinski definition) is 2. The van der Waals surface area contributed by atoms with Crippen LogP contribution in [-0.4, -0.2) is 61.6 Å². The molecule has 10 nitrogen and oxygen atoms in total. The van der Waals surface area contributed by atoms with E-state index in [1.54, 1.807) is 26.3 Å². The van der Waals surface area contributed by atoms with Gasteiger partial charge in [0.25, 0.3) is 5.91 Å². The number of ether oxygens (including phenoxy) is 1. The molecule has 2 saturated carbocycles. The molecule has 2 N–H and O–H groups in total. The standard InChI is InChI=1S/C22H27N5O5S/c1-23-19-12-25-20(13-24-19)26-22(28)21(27-32-16-6-5-15(11-16)31-2)14-3-7-17(8-4-14)33(29,30)18-9-10-18/h3-4,7-8,12-13,15-16,18H,5-6,9-11H2,1-2H3,(H,23,24)(H,25,26,28)/b27-21+/t15-,16-/m1/s1. The van der Waals surface area contributed by atoms with Gasteiger partial charge < -0.3 is 20.2 Å². The summed E-state index contributed by atoms with van der Waals surface area (Å²) in [5.74, 6) is 0.271. The van der Waals surface area contributed by atoms with Gasteiger partial charge in [-0.3, -0.25) is 4.79 Å². The number of carbonyl (C=O) groups is 1. The van der Waals surface area contributed by atoms with E-state index in [4.69, 9.17) is 9.57 Å². The Labute approximate surface area is 192 Å². The first-order valence-electron chi connectivity index (χ1n) is 10.8. The van der Waals surface area contributed by atoms with Crippen molar-refractivity contribution in [3.63, 3.8) is 0 Å². The average Bonchev–Trinajstić information content (AvgIpc) is 3.60. The quantitative estimate of drug-likeness (QED) is 0.419. The molecule has 0 unspecified atom stereocenters. The Hall–Kier alpha value is -3.05. The number of nitrogens with one attached hydrogen (secondary N) is 2. The number of oxime groups is 1. The van der Waals surface area contributed by atoms with E-state index in [-0.39, 0.29) is 33.9 Å². The van der Waals surface area contributed by atoms with E-state index in [1.165, 1.54) is 24.5 Å². The third-order valence-electron chi connectivity index (χ3n) is 5.75. The summed E-state index contributed by atoms with van der Waals surface area (Å²) >= 11 is 0. The zero-order valence-corrected chi connectivity index (χ0v) is 19.3. The summed E-state index contributed by atoms with van der Waals surface area (Å²) in [6.07, 6.45) is 6.54. The number of nitrogens with zero attached hydrogens (tertiary/aromatic N) is 3. The number of hydrogen-bond acceptors (Lipinski definition) is 9. The van der Waals surface area contributed by atoms with Crippen LogP contribution >= 0.6 is 0 Å². The van der Waals surface area contributed by atoms with Crippen LogP contribution in [0.25, 0.3) is 0 Å². The molecule has 2 aliphatic rings. The molecular weight excluding hydrogens is 446 g/mol. The zero-order chi connectivity index (χ0) is 23.4. The number of anilines is 2. The van der Waals surface area contributed by atoms with Gasteiger partial charge in [0.15, 0.2) is 21.4 Å². The van der Waals surface area contributed by atoms with Crippen LogP contribution < -0.4 is 10.6 Å². The number of sulfone groups is 1. The molecule has 0 spiro atoms. The lowest BCUT2D eigenvalue weighted by molar-refractivity contribution is -0.110. The number of rotatable bonds is 9. The Bertz CT molecular complexity index is 1110. The van der Waals surface area contributed by atoms with E-state index in [0.29, 0.717) is 30.6 Å². The van der Waals surface area contributed by atoms with E-state index in [0.717, 1.165) is 12.8 Å². The lowest BCUT2D eigenvalue weighted by Gasteiger charge is -2.12. The van der Waals surface area contributed by atoms with Gasteiger partial charge in [-0.25, -0.2) is 18.4 Å². The lowest BCUT2D eigenvalue weighted by atomic mass is 10.1. The van der Waals surface area contributed by atoms with Crippen LogP contribution in [0.2, 0.25) is 0 Å². The van der Waals surface area contributed by atoms with E-state index >= 15 is 0 Å². The highest BCUT2D eigenvalue weighted by atomic mass is 32.2. The number of methoxy groups -OCH3 is 1. The van der Waals surface area contributed by atoms with Gasteiger partial charge in [0, 0.05) is 26.1 Å². The smallest absolute Gasteiger partial charge is 0.279 e. The van der Waals surface area contributed by atoms with Crippen molar-refractivity contribution in [3.05, 3.63) is 42.2 Å². The fourth-order valence-corrected chi connectivity index (χ4v) is 5.29. The van der Waals surface area contributed by atoms with Gasteiger partial charge in [0.2, 0.25) is 0 Å². The zero-order valence-electron chi connectivity index (χ0n) is 18.5. The number of amides is 1. The van der Waals surface area contributed by atoms with Gasteiger partial charge in [-0.05, 0) is 37.8 Å². The highest BCUT2D eigenvalue weighted by Crippen LogP contribution is 2.33. The first-order valence-corrected chi connectivity index (χ1v) is 12.4. The molecule has 1 aromatic heterocycles. The highest BCUT2D eigenvalue weighted by Gasteiger charge is 2.37. The Balaban J connectivity index is 1.56. The van der Waals surface area contributed by atoms with Crippen LogP contribution in [0.4, 0.5) is 11.6 Å². The summed E-state index contributed by atoms with van der Waals surface area (Å²) in [6, 6.07) is 6.15. The molecule has 2 atom stereocenters. The van der Waals surface area contributed by atoms with E-state index < -0.39 is 15.7 Å². The Morgan fingerprint density at radius 2 is 1.70 bits per heavy atom. The molecule has 11 heteroatoms. The largest absolute Gasteiger partial charge is 0.392 e. The second-order valence-electron chi connectivity index (χ2n) is 8.10. The van der Waals surface area contributed by atoms with Crippen LogP contribution in [0.5, 0.6) is 0 Å². The fraction of sp³-hybridized carbons (Fsp3) is 0.455. The van der Waals surface area contributed by atoms with E-state index in [9.17, 15) is 13.2 Å². The Kier molecular flexibility index (Phi) is 6.89. The minimum Gasteiger partial charge on any atom is -0.392 e. The number of benzene rings is 1. The molecule has 1 amide bonds. The van der Waals surface area contributed by atoms with Crippen molar-refractivity contribution in [1.82, 2.24) is 9.97 Å². The molecule has 1 heterocycles. The van der Waals surface area contributed by atoms with Gasteiger partial charge in [0.1, 0.15) is 11.9 Å². The van der Waals surface area contributed by atoms with Crippen LogP contribution in [0, 0.1) is 0 Å². The molecule has 1 aromatic carbocycles. The summed E-state index contributed by atoms with van der Waals surface area (Å²) in [5, 5.41) is 9.37. The van der Waals surface area contributed by atoms with Gasteiger partial charge in [-0.2, -0.15) is 0 Å². The van der Waals surface area contributed by atoms with Gasteiger partial charge >= 0.3 is 0 Å². The van der Waals surface area contributed by atoms with Crippen LogP contribution in [0.1, 0.15) is 37.7 Å². The molecule has 0 saturated heterocycles. The minimum absolute atomic E-state index is 0.0192. The number of aromatic nitrogens is 2. The van der Waals surface area contributed by atoms with Crippen molar-refractivity contribution >= 4 is 33.1 Å². The molecule has 0 bridgehead atoms. The molecule has 2 aromatic rings. The second-order valence-corrected chi connectivity index (χ2v) is 10.3. The van der Waals surface area contributed by atoms with E-state index in [2.05, 4.69) is 25.8 Å². The van der Waals surface area contributed by atoms with Crippen molar-refractivity contribution < 1.29 is 22.8 Å². The van der Waals surface area contributed by atoms with Gasteiger partial charge in [0.05, 0.1) is 28.6 Å². The SMILES string of the molecule is CNc1cnc(NC(=O)/C(=N/O[C@@H]2CC[C@@H](OC)C2)c2ccc(S(=O)(=O)C3CC3)cc2)cn1. The van der Waals surface area contributed by atoms with Gasteiger partial charge in [-0.1, -0.05) is 17.3 Å². The third kappa shape index (κ3) is 5.48. The monoisotopic (exact) mass is 473 g/mol.